The second-order valence-electron chi connectivity index (χ2n) is 3.86. The molecule has 1 atom stereocenters. The summed E-state index contributed by atoms with van der Waals surface area (Å²) in [6.07, 6.45) is -4.36. The van der Waals surface area contributed by atoms with E-state index in [0.29, 0.717) is 24.5 Å². The highest BCUT2D eigenvalue weighted by atomic mass is 19.4. The lowest BCUT2D eigenvalue weighted by Crippen LogP contribution is -2.38. The number of alkyl halides is 3. The SMILES string of the molecule is Cc1nc(C(F)(F)F)n2c1CNC(C)C2. The van der Waals surface area contributed by atoms with Crippen molar-refractivity contribution >= 4 is 0 Å². The van der Waals surface area contributed by atoms with Gasteiger partial charge in [0.25, 0.3) is 0 Å². The molecule has 2 rings (SSSR count). The molecular formula is C9H12F3N3. The normalized spacial score (nSPS) is 21.5. The van der Waals surface area contributed by atoms with Crippen LogP contribution in [0.4, 0.5) is 13.2 Å². The predicted molar refractivity (Wildman–Crippen MR) is 48.3 cm³/mol. The molecule has 0 amide bonds. The number of nitrogens with one attached hydrogen (secondary N) is 1. The first-order valence-electron chi connectivity index (χ1n) is 4.76. The second kappa shape index (κ2) is 3.23. The average molecular weight is 219 g/mol. The molecule has 2 heterocycles. The Morgan fingerprint density at radius 2 is 2.13 bits per heavy atom. The van der Waals surface area contributed by atoms with Crippen molar-refractivity contribution < 1.29 is 13.2 Å². The third kappa shape index (κ3) is 1.73. The number of halogens is 3. The highest BCUT2D eigenvalue weighted by Gasteiger charge is 2.39. The zero-order chi connectivity index (χ0) is 11.2. The molecule has 1 N–H and O–H groups in total. The fourth-order valence-corrected chi connectivity index (χ4v) is 1.85. The second-order valence-corrected chi connectivity index (χ2v) is 3.86. The van der Waals surface area contributed by atoms with Crippen LogP contribution in [0.2, 0.25) is 0 Å². The fraction of sp³-hybridized carbons (Fsp3) is 0.667. The van der Waals surface area contributed by atoms with Crippen molar-refractivity contribution in [3.8, 4) is 0 Å². The van der Waals surface area contributed by atoms with E-state index in [2.05, 4.69) is 10.3 Å². The van der Waals surface area contributed by atoms with Crippen LogP contribution < -0.4 is 5.32 Å². The Morgan fingerprint density at radius 1 is 1.47 bits per heavy atom. The van der Waals surface area contributed by atoms with Crippen LogP contribution in [0.25, 0.3) is 0 Å². The van der Waals surface area contributed by atoms with Gasteiger partial charge in [0.05, 0.1) is 11.4 Å². The van der Waals surface area contributed by atoms with E-state index >= 15 is 0 Å². The Bertz CT molecular complexity index is 381. The maximum absolute atomic E-state index is 12.6. The van der Waals surface area contributed by atoms with Crippen LogP contribution in [-0.4, -0.2) is 15.6 Å². The summed E-state index contributed by atoms with van der Waals surface area (Å²) in [5, 5.41) is 3.12. The summed E-state index contributed by atoms with van der Waals surface area (Å²) in [6.45, 7) is 4.25. The Hall–Kier alpha value is -1.04. The Balaban J connectivity index is 2.50. The standard InChI is InChI=1S/C9H12F3N3/c1-5-4-15-7(3-13-5)6(2)14-8(15)9(10,11)12/h5,13H,3-4H2,1-2H3. The number of hydrogen-bond acceptors (Lipinski definition) is 2. The van der Waals surface area contributed by atoms with Crippen LogP contribution in [0.1, 0.15) is 24.1 Å². The van der Waals surface area contributed by atoms with Crippen LogP contribution in [-0.2, 0) is 19.3 Å². The largest absolute Gasteiger partial charge is 0.449 e. The molecule has 1 aliphatic heterocycles. The van der Waals surface area contributed by atoms with Crippen LogP contribution in [0.15, 0.2) is 0 Å². The average Bonchev–Trinajstić information content (AvgIpc) is 2.42. The van der Waals surface area contributed by atoms with E-state index in [0.717, 1.165) is 0 Å². The molecule has 0 spiro atoms. The van der Waals surface area contributed by atoms with Gasteiger partial charge in [-0.1, -0.05) is 0 Å². The minimum absolute atomic E-state index is 0.0483. The zero-order valence-corrected chi connectivity index (χ0v) is 8.52. The molecule has 0 saturated heterocycles. The first-order chi connectivity index (χ1) is 6.89. The van der Waals surface area contributed by atoms with Crippen molar-refractivity contribution in [1.82, 2.24) is 14.9 Å². The van der Waals surface area contributed by atoms with Crippen LogP contribution in [0.3, 0.4) is 0 Å². The number of rotatable bonds is 0. The van der Waals surface area contributed by atoms with Crippen LogP contribution >= 0.6 is 0 Å². The van der Waals surface area contributed by atoms with Gasteiger partial charge in [0, 0.05) is 19.1 Å². The topological polar surface area (TPSA) is 29.9 Å². The molecule has 0 aromatic carbocycles. The third-order valence-corrected chi connectivity index (χ3v) is 2.60. The summed E-state index contributed by atoms with van der Waals surface area (Å²) < 4.78 is 39.1. The number of hydrogen-bond donors (Lipinski definition) is 1. The third-order valence-electron chi connectivity index (χ3n) is 2.60. The van der Waals surface area contributed by atoms with E-state index in [-0.39, 0.29) is 6.04 Å². The molecule has 3 nitrogen and oxygen atoms in total. The van der Waals surface area contributed by atoms with Crippen molar-refractivity contribution in [1.29, 1.82) is 0 Å². The van der Waals surface area contributed by atoms with E-state index < -0.39 is 12.0 Å². The maximum atomic E-state index is 12.6. The lowest BCUT2D eigenvalue weighted by atomic mass is 10.2. The van der Waals surface area contributed by atoms with Crippen LogP contribution in [0, 0.1) is 6.92 Å². The Kier molecular flexibility index (Phi) is 2.26. The highest BCUT2D eigenvalue weighted by Crippen LogP contribution is 2.31. The predicted octanol–water partition coefficient (Wildman–Crippen LogP) is 1.70. The van der Waals surface area contributed by atoms with Gasteiger partial charge < -0.3 is 9.88 Å². The summed E-state index contributed by atoms with van der Waals surface area (Å²) in [5.74, 6) is -0.775. The van der Waals surface area contributed by atoms with Gasteiger partial charge in [-0.2, -0.15) is 13.2 Å². The molecule has 6 heteroatoms. The highest BCUT2D eigenvalue weighted by molar-refractivity contribution is 5.19. The van der Waals surface area contributed by atoms with Gasteiger partial charge in [-0.25, -0.2) is 4.98 Å². The van der Waals surface area contributed by atoms with E-state index in [4.69, 9.17) is 0 Å². The molecule has 1 aromatic heterocycles. The van der Waals surface area contributed by atoms with Gasteiger partial charge in [-0.3, -0.25) is 0 Å². The van der Waals surface area contributed by atoms with E-state index in [1.807, 2.05) is 6.92 Å². The van der Waals surface area contributed by atoms with Crippen molar-refractivity contribution in [2.45, 2.75) is 39.2 Å². The molecule has 0 bridgehead atoms. The molecule has 1 aromatic rings. The Labute approximate surface area is 85.3 Å². The molecule has 0 fully saturated rings. The first kappa shape index (κ1) is 10.5. The monoisotopic (exact) mass is 219 g/mol. The summed E-state index contributed by atoms with van der Waals surface area (Å²) >= 11 is 0. The van der Waals surface area contributed by atoms with Gasteiger partial charge >= 0.3 is 6.18 Å². The number of aryl methyl sites for hydroxylation is 1. The van der Waals surface area contributed by atoms with Crippen molar-refractivity contribution in [3.63, 3.8) is 0 Å². The minimum atomic E-state index is -4.36. The molecular weight excluding hydrogens is 207 g/mol. The molecule has 0 aliphatic carbocycles. The van der Waals surface area contributed by atoms with Crippen molar-refractivity contribution in [2.75, 3.05) is 0 Å². The number of imidazole rings is 1. The number of aromatic nitrogens is 2. The summed E-state index contributed by atoms with van der Waals surface area (Å²) in [5.41, 5.74) is 1.10. The van der Waals surface area contributed by atoms with E-state index in [1.165, 1.54) is 4.57 Å². The van der Waals surface area contributed by atoms with E-state index in [9.17, 15) is 13.2 Å². The van der Waals surface area contributed by atoms with Gasteiger partial charge in [0.15, 0.2) is 0 Å². The van der Waals surface area contributed by atoms with Gasteiger partial charge in [-0.15, -0.1) is 0 Å². The number of fused-ring (bicyclic) bond motifs is 1. The quantitative estimate of drug-likeness (QED) is 0.719. The lowest BCUT2D eigenvalue weighted by molar-refractivity contribution is -0.147. The first-order valence-corrected chi connectivity index (χ1v) is 4.76. The fourth-order valence-electron chi connectivity index (χ4n) is 1.85. The number of nitrogens with zero attached hydrogens (tertiary/aromatic N) is 2. The van der Waals surface area contributed by atoms with Gasteiger partial charge in [0.2, 0.25) is 5.82 Å². The summed E-state index contributed by atoms with van der Waals surface area (Å²) in [4.78, 5) is 3.60. The molecule has 0 saturated carbocycles. The lowest BCUT2D eigenvalue weighted by Gasteiger charge is -2.24. The smallest absolute Gasteiger partial charge is 0.321 e. The summed E-state index contributed by atoms with van der Waals surface area (Å²) in [7, 11) is 0. The maximum Gasteiger partial charge on any atom is 0.449 e. The Morgan fingerprint density at radius 3 is 2.73 bits per heavy atom. The molecule has 84 valence electrons. The molecule has 15 heavy (non-hydrogen) atoms. The van der Waals surface area contributed by atoms with E-state index in [1.54, 1.807) is 6.92 Å². The van der Waals surface area contributed by atoms with Gasteiger partial charge in [-0.05, 0) is 13.8 Å². The zero-order valence-electron chi connectivity index (χ0n) is 8.52. The van der Waals surface area contributed by atoms with Gasteiger partial charge in [0.1, 0.15) is 0 Å². The molecule has 1 unspecified atom stereocenters. The van der Waals surface area contributed by atoms with Crippen LogP contribution in [0.5, 0.6) is 0 Å². The van der Waals surface area contributed by atoms with Crippen molar-refractivity contribution in [3.05, 3.63) is 17.2 Å². The molecule has 1 aliphatic rings. The minimum Gasteiger partial charge on any atom is -0.321 e. The van der Waals surface area contributed by atoms with Crippen molar-refractivity contribution in [2.24, 2.45) is 0 Å². The summed E-state index contributed by atoms with van der Waals surface area (Å²) in [6, 6.07) is 0.0483. The molecule has 0 radical (unpaired) electrons.